The van der Waals surface area contributed by atoms with Crippen molar-refractivity contribution in [3.05, 3.63) is 60.0 Å². The molecule has 0 radical (unpaired) electrons. The van der Waals surface area contributed by atoms with Crippen molar-refractivity contribution < 1.29 is 27.8 Å². The second-order valence-electron chi connectivity index (χ2n) is 8.01. The van der Waals surface area contributed by atoms with E-state index in [0.717, 1.165) is 0 Å². The van der Waals surface area contributed by atoms with Gasteiger partial charge >= 0.3 is 8.60 Å². The highest BCUT2D eigenvalue weighted by atomic mass is 31.2. The minimum atomic E-state index is -1.76. The summed E-state index contributed by atoms with van der Waals surface area (Å²) in [6.45, 7) is 9.28. The number of rotatable bonds is 12. The molecule has 0 saturated carbocycles. The van der Waals surface area contributed by atoms with E-state index in [2.05, 4.69) is 31.0 Å². The predicted octanol–water partition coefficient (Wildman–Crippen LogP) is 3.60. The number of benzene rings is 1. The molecular formula is C25H27N6O6P. The summed E-state index contributed by atoms with van der Waals surface area (Å²) in [5, 5.41) is 2.80. The Morgan fingerprint density at radius 2 is 2.11 bits per heavy atom. The van der Waals surface area contributed by atoms with Gasteiger partial charge in [-0.15, -0.1) is 6.42 Å². The maximum Gasteiger partial charge on any atom is 0.333 e. The van der Waals surface area contributed by atoms with Gasteiger partial charge in [0.25, 0.3) is 5.91 Å². The standard InChI is InChI=1S/C25H27N6O6P/c1-5-13-34-21-20(37-38(33-4)35-14-12-26-3)18(6-2)36-25(21)31-16-29-19-22(27-15-28-23(19)31)30-24(32)17-10-8-7-9-11-17/h1,7-11,15-16,18,20-21,25H,6,12-14H2,2,4H3,(H,27,28,30,32)/t18-,20?,21+,25-,38?/m1/s1. The second kappa shape index (κ2) is 13.4. The van der Waals surface area contributed by atoms with Crippen molar-refractivity contribution in [1.29, 1.82) is 0 Å². The number of aromatic nitrogens is 4. The van der Waals surface area contributed by atoms with Gasteiger partial charge in [-0.2, -0.15) is 0 Å². The van der Waals surface area contributed by atoms with Gasteiger partial charge in [0, 0.05) is 12.7 Å². The molecule has 38 heavy (non-hydrogen) atoms. The molecular weight excluding hydrogens is 511 g/mol. The Bertz CT molecular complexity index is 1310. The summed E-state index contributed by atoms with van der Waals surface area (Å²) in [6.07, 6.45) is 6.65. The lowest BCUT2D eigenvalue weighted by Crippen LogP contribution is -2.36. The summed E-state index contributed by atoms with van der Waals surface area (Å²) in [7, 11) is -0.284. The number of carbonyl (C=O) groups is 1. The topological polar surface area (TPSA) is 123 Å². The average Bonchev–Trinajstić information content (AvgIpc) is 3.53. The van der Waals surface area contributed by atoms with Crippen LogP contribution in [0.25, 0.3) is 16.0 Å². The van der Waals surface area contributed by atoms with E-state index in [1.807, 2.05) is 13.0 Å². The smallest absolute Gasteiger partial charge is 0.333 e. The van der Waals surface area contributed by atoms with Crippen LogP contribution in [-0.4, -0.2) is 70.6 Å². The number of nitrogens with one attached hydrogen (secondary N) is 1. The van der Waals surface area contributed by atoms with E-state index in [1.54, 1.807) is 35.2 Å². The first-order valence-electron chi connectivity index (χ1n) is 11.8. The highest BCUT2D eigenvalue weighted by Gasteiger charge is 2.48. The number of carbonyl (C=O) groups excluding carboxylic acids is 1. The van der Waals surface area contributed by atoms with Crippen molar-refractivity contribution in [2.45, 2.75) is 37.9 Å². The second-order valence-corrected chi connectivity index (χ2v) is 9.29. The van der Waals surface area contributed by atoms with Crippen molar-refractivity contribution in [3.63, 3.8) is 0 Å². The third-order valence-electron chi connectivity index (χ3n) is 5.70. The molecule has 4 rings (SSSR count). The lowest BCUT2D eigenvalue weighted by molar-refractivity contribution is -0.0574. The van der Waals surface area contributed by atoms with Gasteiger partial charge in [0.2, 0.25) is 6.54 Å². The first-order valence-corrected chi connectivity index (χ1v) is 12.9. The molecule has 3 aromatic rings. The van der Waals surface area contributed by atoms with E-state index in [4.69, 9.17) is 36.0 Å². The van der Waals surface area contributed by atoms with Gasteiger partial charge in [-0.1, -0.05) is 31.0 Å². The summed E-state index contributed by atoms with van der Waals surface area (Å²) in [5.41, 5.74) is 1.30. The first-order chi connectivity index (χ1) is 18.6. The normalized spacial score (nSPS) is 21.6. The van der Waals surface area contributed by atoms with Gasteiger partial charge < -0.3 is 33.2 Å². The Labute approximate surface area is 221 Å². The van der Waals surface area contributed by atoms with Crippen LogP contribution in [0.3, 0.4) is 0 Å². The molecule has 12 nitrogen and oxygen atoms in total. The molecule has 1 aliphatic rings. The molecule has 1 N–H and O–H groups in total. The number of amides is 1. The van der Waals surface area contributed by atoms with Crippen LogP contribution in [-0.2, 0) is 23.0 Å². The van der Waals surface area contributed by atoms with Gasteiger partial charge in [0.15, 0.2) is 23.2 Å². The molecule has 2 unspecified atom stereocenters. The molecule has 1 fully saturated rings. The van der Waals surface area contributed by atoms with Crippen molar-refractivity contribution in [1.82, 2.24) is 19.5 Å². The highest BCUT2D eigenvalue weighted by molar-refractivity contribution is 7.41. The van der Waals surface area contributed by atoms with Crippen LogP contribution in [0.1, 0.15) is 29.9 Å². The molecule has 0 spiro atoms. The van der Waals surface area contributed by atoms with E-state index in [9.17, 15) is 4.79 Å². The highest BCUT2D eigenvalue weighted by Crippen LogP contribution is 2.46. The predicted molar refractivity (Wildman–Crippen MR) is 139 cm³/mol. The van der Waals surface area contributed by atoms with E-state index in [1.165, 1.54) is 13.4 Å². The van der Waals surface area contributed by atoms with Crippen molar-refractivity contribution in [2.75, 3.05) is 32.2 Å². The molecule has 5 atom stereocenters. The number of hydrogen-bond donors (Lipinski definition) is 1. The van der Waals surface area contributed by atoms with Gasteiger partial charge in [-0.3, -0.25) is 9.36 Å². The maximum absolute atomic E-state index is 12.7. The quantitative estimate of drug-likeness (QED) is 0.159. The number of hydrogen-bond acceptors (Lipinski definition) is 9. The molecule has 0 aliphatic carbocycles. The summed E-state index contributed by atoms with van der Waals surface area (Å²) in [5.74, 6) is 2.43. The van der Waals surface area contributed by atoms with Crippen LogP contribution >= 0.6 is 8.60 Å². The number of fused-ring (bicyclic) bond motifs is 1. The number of anilines is 1. The summed E-state index contributed by atoms with van der Waals surface area (Å²) in [4.78, 5) is 29.1. The molecule has 198 valence electrons. The van der Waals surface area contributed by atoms with E-state index < -0.39 is 27.0 Å². The minimum Gasteiger partial charge on any atom is -0.358 e. The van der Waals surface area contributed by atoms with Crippen molar-refractivity contribution in [3.8, 4) is 12.3 Å². The molecule has 1 aliphatic heterocycles. The maximum atomic E-state index is 12.7. The molecule has 1 aromatic carbocycles. The fraction of sp³-hybridized carbons (Fsp3) is 0.400. The Kier molecular flexibility index (Phi) is 9.68. The Morgan fingerprint density at radius 3 is 2.82 bits per heavy atom. The largest absolute Gasteiger partial charge is 0.358 e. The van der Waals surface area contributed by atoms with Gasteiger partial charge in [-0.05, 0) is 18.6 Å². The van der Waals surface area contributed by atoms with E-state index in [0.29, 0.717) is 23.1 Å². The molecule has 0 bridgehead atoms. The number of terminal acetylenes is 1. The van der Waals surface area contributed by atoms with Gasteiger partial charge in [0.1, 0.15) is 31.7 Å². The number of imidazole rings is 1. The molecule has 2 aromatic heterocycles. The fourth-order valence-corrected chi connectivity index (χ4v) is 4.93. The third-order valence-corrected chi connectivity index (χ3v) is 6.81. The van der Waals surface area contributed by atoms with Crippen LogP contribution in [0.4, 0.5) is 5.82 Å². The number of ether oxygens (including phenoxy) is 2. The third kappa shape index (κ3) is 6.14. The van der Waals surface area contributed by atoms with Gasteiger partial charge in [0.05, 0.1) is 12.4 Å². The molecule has 13 heteroatoms. The zero-order valence-corrected chi connectivity index (χ0v) is 21.8. The van der Waals surface area contributed by atoms with E-state index in [-0.39, 0.29) is 37.6 Å². The molecule has 1 saturated heterocycles. The summed E-state index contributed by atoms with van der Waals surface area (Å²) >= 11 is 0. The van der Waals surface area contributed by atoms with Gasteiger partial charge in [-0.25, -0.2) is 21.5 Å². The zero-order valence-electron chi connectivity index (χ0n) is 20.9. The zero-order chi connectivity index (χ0) is 26.9. The Morgan fingerprint density at radius 1 is 1.29 bits per heavy atom. The molecule has 3 heterocycles. The summed E-state index contributed by atoms with van der Waals surface area (Å²) in [6, 6.07) is 8.80. The lowest BCUT2D eigenvalue weighted by atomic mass is 10.1. The van der Waals surface area contributed by atoms with Crippen LogP contribution < -0.4 is 5.32 Å². The fourth-order valence-electron chi connectivity index (χ4n) is 3.99. The minimum absolute atomic E-state index is 0.0182. The lowest BCUT2D eigenvalue weighted by Gasteiger charge is -2.26. The van der Waals surface area contributed by atoms with Crippen LogP contribution in [0.15, 0.2) is 43.0 Å². The Hall–Kier alpha value is -3.48. The average molecular weight is 539 g/mol. The molecule has 1 amide bonds. The van der Waals surface area contributed by atoms with E-state index >= 15 is 0 Å². The summed E-state index contributed by atoms with van der Waals surface area (Å²) < 4.78 is 31.2. The first kappa shape index (κ1) is 27.6. The van der Waals surface area contributed by atoms with Crippen molar-refractivity contribution in [2.24, 2.45) is 0 Å². The van der Waals surface area contributed by atoms with Crippen molar-refractivity contribution >= 4 is 31.5 Å². The monoisotopic (exact) mass is 538 g/mol. The van der Waals surface area contributed by atoms with Crippen LogP contribution in [0.5, 0.6) is 0 Å². The van der Waals surface area contributed by atoms with Crippen LogP contribution in [0, 0.1) is 18.9 Å². The number of nitrogens with zero attached hydrogens (tertiary/aromatic N) is 5. The SMILES string of the molecule is [C-]#[N+]CCOP(OC)OC1[C@@H](CC)O[C@@H](n2cnc3c(NC(=O)c4ccccc4)ncnc32)[C@H]1OCC#C. The van der Waals surface area contributed by atoms with Crippen LogP contribution in [0.2, 0.25) is 0 Å². The Balaban J connectivity index is 1.62.